The van der Waals surface area contributed by atoms with Gasteiger partial charge in [0, 0.05) is 0 Å². The highest BCUT2D eigenvalue weighted by Crippen LogP contribution is 2.37. The quantitative estimate of drug-likeness (QED) is 0.210. The van der Waals surface area contributed by atoms with Crippen molar-refractivity contribution in [1.82, 2.24) is 0 Å². The van der Waals surface area contributed by atoms with Crippen LogP contribution in [-0.4, -0.2) is 40.0 Å². The van der Waals surface area contributed by atoms with Crippen LogP contribution in [0.5, 0.6) is 17.2 Å². The Morgan fingerprint density at radius 1 is 0.643 bits per heavy atom. The molecular weight excluding hydrogens is 605 g/mol. The number of rotatable bonds is 12. The summed E-state index contributed by atoms with van der Waals surface area (Å²) in [6, 6.07) is 12.5. The van der Waals surface area contributed by atoms with E-state index >= 15 is 0 Å². The Morgan fingerprint density at radius 2 is 1.12 bits per heavy atom. The van der Waals surface area contributed by atoms with E-state index in [0.29, 0.717) is 12.2 Å². The molecule has 10 nitrogen and oxygen atoms in total. The molecular formula is C29H36O10S3. The molecule has 3 aromatic rings. The first-order valence-electron chi connectivity index (χ1n) is 13.2. The molecule has 0 atom stereocenters. The molecule has 0 aromatic heterocycles. The summed E-state index contributed by atoms with van der Waals surface area (Å²) < 4.78 is 107. The van der Waals surface area contributed by atoms with Crippen LogP contribution in [0.15, 0.2) is 80.2 Å². The molecule has 3 aromatic carbocycles. The number of sulfone groups is 1. The maximum absolute atomic E-state index is 13.5. The zero-order chi connectivity index (χ0) is 31.7. The minimum absolute atomic E-state index is 0.199. The standard InChI is InChI=1S/C29H36O10S3/c1-7-28(4,5)24-16-14-22(18-26(24)41(32,33)34)40(30,31)23-15-17-25(27(19-23)42(35,36)37)38-20-10-12-21(13-11-20)39-29(6,8-2)9-3/h10-19H,7-9H2,1-6H3,(H,32,33,34)(H,35,36,37). The van der Waals surface area contributed by atoms with E-state index in [-0.39, 0.29) is 22.7 Å². The predicted molar refractivity (Wildman–Crippen MR) is 157 cm³/mol. The molecule has 0 heterocycles. The summed E-state index contributed by atoms with van der Waals surface area (Å²) in [5.41, 5.74) is -0.851. The molecule has 2 N–H and O–H groups in total. The van der Waals surface area contributed by atoms with Crippen LogP contribution in [0, 0.1) is 0 Å². The fourth-order valence-electron chi connectivity index (χ4n) is 4.09. The van der Waals surface area contributed by atoms with Gasteiger partial charge in [-0.1, -0.05) is 40.7 Å². The Morgan fingerprint density at radius 3 is 1.60 bits per heavy atom. The molecule has 0 aliphatic carbocycles. The maximum atomic E-state index is 13.5. The second-order valence-electron chi connectivity index (χ2n) is 10.8. The van der Waals surface area contributed by atoms with Gasteiger partial charge in [-0.15, -0.1) is 0 Å². The fraction of sp³-hybridized carbons (Fsp3) is 0.379. The Labute approximate surface area is 248 Å². The first kappa shape index (κ1) is 33.5. The largest absolute Gasteiger partial charge is 0.488 e. The minimum atomic E-state index is -4.97. The Balaban J connectivity index is 2.04. The van der Waals surface area contributed by atoms with E-state index in [1.807, 2.05) is 27.7 Å². The number of benzene rings is 3. The smallest absolute Gasteiger partial charge is 0.298 e. The lowest BCUT2D eigenvalue weighted by Crippen LogP contribution is -2.30. The van der Waals surface area contributed by atoms with Crippen molar-refractivity contribution in [2.75, 3.05) is 0 Å². The average molecular weight is 641 g/mol. The van der Waals surface area contributed by atoms with Crippen LogP contribution in [-0.2, 0) is 35.5 Å². The summed E-state index contributed by atoms with van der Waals surface area (Å²) in [4.78, 5) is -2.43. The monoisotopic (exact) mass is 640 g/mol. The van der Waals surface area contributed by atoms with Gasteiger partial charge < -0.3 is 9.47 Å². The van der Waals surface area contributed by atoms with Crippen LogP contribution < -0.4 is 9.47 Å². The van der Waals surface area contributed by atoms with Gasteiger partial charge in [0.2, 0.25) is 9.84 Å². The molecule has 0 saturated heterocycles. The maximum Gasteiger partial charge on any atom is 0.298 e. The second-order valence-corrected chi connectivity index (χ2v) is 15.5. The average Bonchev–Trinajstić information content (AvgIpc) is 2.92. The topological polar surface area (TPSA) is 161 Å². The van der Waals surface area contributed by atoms with Gasteiger partial charge in [-0.05, 0) is 91.8 Å². The molecule has 13 heteroatoms. The predicted octanol–water partition coefficient (Wildman–Crippen LogP) is 6.45. The molecule has 0 bridgehead atoms. The van der Waals surface area contributed by atoms with Gasteiger partial charge in [0.15, 0.2) is 0 Å². The van der Waals surface area contributed by atoms with Crippen LogP contribution in [0.3, 0.4) is 0 Å². The van der Waals surface area contributed by atoms with Crippen molar-refractivity contribution in [2.24, 2.45) is 0 Å². The summed E-state index contributed by atoms with van der Waals surface area (Å²) in [6.45, 7) is 11.3. The van der Waals surface area contributed by atoms with E-state index in [0.717, 1.165) is 37.1 Å². The Kier molecular flexibility index (Phi) is 9.55. The molecule has 42 heavy (non-hydrogen) atoms. The second kappa shape index (κ2) is 12.0. The van der Waals surface area contributed by atoms with Gasteiger partial charge in [0.25, 0.3) is 20.2 Å². The summed E-state index contributed by atoms with van der Waals surface area (Å²) in [5.74, 6) is 0.433. The zero-order valence-corrected chi connectivity index (χ0v) is 26.7. The fourth-order valence-corrected chi connectivity index (χ4v) is 7.09. The van der Waals surface area contributed by atoms with E-state index < -0.39 is 55.1 Å². The van der Waals surface area contributed by atoms with E-state index in [9.17, 15) is 34.4 Å². The molecule has 0 unspecified atom stereocenters. The molecule has 0 spiro atoms. The third kappa shape index (κ3) is 7.32. The lowest BCUT2D eigenvalue weighted by Gasteiger charge is -2.28. The van der Waals surface area contributed by atoms with Crippen molar-refractivity contribution >= 4 is 30.1 Å². The molecule has 0 fully saturated rings. The van der Waals surface area contributed by atoms with Crippen LogP contribution >= 0.6 is 0 Å². The van der Waals surface area contributed by atoms with Crippen LogP contribution in [0.2, 0.25) is 0 Å². The highest BCUT2D eigenvalue weighted by atomic mass is 32.2. The molecule has 230 valence electrons. The first-order chi connectivity index (χ1) is 19.3. The molecule has 0 amide bonds. The summed E-state index contributed by atoms with van der Waals surface area (Å²) in [6.07, 6.45) is 2.06. The van der Waals surface area contributed by atoms with Gasteiger partial charge in [0.05, 0.1) is 14.7 Å². The van der Waals surface area contributed by atoms with Gasteiger partial charge >= 0.3 is 0 Å². The summed E-state index contributed by atoms with van der Waals surface area (Å²) in [5, 5.41) is 0. The van der Waals surface area contributed by atoms with Crippen molar-refractivity contribution in [3.8, 4) is 17.2 Å². The highest BCUT2D eigenvalue weighted by Gasteiger charge is 2.31. The van der Waals surface area contributed by atoms with Gasteiger partial charge in [0.1, 0.15) is 27.7 Å². The van der Waals surface area contributed by atoms with Gasteiger partial charge in [-0.2, -0.15) is 16.8 Å². The van der Waals surface area contributed by atoms with Gasteiger partial charge in [-0.3, -0.25) is 9.11 Å². The summed E-state index contributed by atoms with van der Waals surface area (Å²) in [7, 11) is -14.3. The normalized spacial score (nSPS) is 13.1. The SMILES string of the molecule is CCC(C)(CC)Oc1ccc(Oc2ccc(S(=O)(=O)c3ccc(C(C)(C)CC)c(S(=O)(=O)O)c3)cc2S(=O)(=O)O)cc1. The molecule has 0 aliphatic heterocycles. The van der Waals surface area contributed by atoms with Crippen LogP contribution in [0.25, 0.3) is 0 Å². The molecule has 0 radical (unpaired) electrons. The number of hydrogen-bond donors (Lipinski definition) is 2. The summed E-state index contributed by atoms with van der Waals surface area (Å²) >= 11 is 0. The molecule has 0 aliphatic rings. The Bertz CT molecular complexity index is 1770. The van der Waals surface area contributed by atoms with Crippen molar-refractivity contribution in [1.29, 1.82) is 0 Å². The van der Waals surface area contributed by atoms with E-state index in [2.05, 4.69) is 0 Å². The lowest BCUT2D eigenvalue weighted by atomic mass is 9.82. The van der Waals surface area contributed by atoms with Crippen LogP contribution in [0.1, 0.15) is 66.4 Å². The van der Waals surface area contributed by atoms with Gasteiger partial charge in [-0.25, -0.2) is 8.42 Å². The van der Waals surface area contributed by atoms with Crippen molar-refractivity contribution < 1.29 is 43.8 Å². The third-order valence-corrected chi connectivity index (χ3v) is 11.1. The van der Waals surface area contributed by atoms with Crippen LogP contribution in [0.4, 0.5) is 0 Å². The van der Waals surface area contributed by atoms with Crippen molar-refractivity contribution in [3.05, 3.63) is 66.2 Å². The van der Waals surface area contributed by atoms with E-state index in [1.165, 1.54) is 24.3 Å². The highest BCUT2D eigenvalue weighted by molar-refractivity contribution is 7.91. The Hall–Kier alpha value is -2.97. The zero-order valence-electron chi connectivity index (χ0n) is 24.3. The van der Waals surface area contributed by atoms with Crippen molar-refractivity contribution in [2.45, 2.75) is 91.4 Å². The van der Waals surface area contributed by atoms with Crippen molar-refractivity contribution in [3.63, 3.8) is 0 Å². The lowest BCUT2D eigenvalue weighted by molar-refractivity contribution is 0.0802. The number of hydrogen-bond acceptors (Lipinski definition) is 8. The first-order valence-corrected chi connectivity index (χ1v) is 17.6. The van der Waals surface area contributed by atoms with E-state index in [1.54, 1.807) is 26.0 Å². The van der Waals surface area contributed by atoms with E-state index in [4.69, 9.17) is 9.47 Å². The number of ether oxygens (including phenoxy) is 2. The third-order valence-electron chi connectivity index (χ3n) is 7.57. The molecule has 3 rings (SSSR count). The molecule has 0 saturated carbocycles. The minimum Gasteiger partial charge on any atom is -0.488 e.